The summed E-state index contributed by atoms with van der Waals surface area (Å²) in [6.07, 6.45) is 4.55. The maximum atomic E-state index is 11.7. The molecule has 104 valence electrons. The van der Waals surface area contributed by atoms with Crippen LogP contribution in [0.2, 0.25) is 0 Å². The maximum Gasteiger partial charge on any atom is 0.315 e. The van der Waals surface area contributed by atoms with Gasteiger partial charge in [0.15, 0.2) is 5.79 Å². The van der Waals surface area contributed by atoms with Crippen molar-refractivity contribution in [3.63, 3.8) is 0 Å². The highest BCUT2D eigenvalue weighted by molar-refractivity contribution is 5.74. The predicted octanol–water partition coefficient (Wildman–Crippen LogP) is 1.77. The lowest BCUT2D eigenvalue weighted by Gasteiger charge is -2.35. The number of carbonyl (C=O) groups excluding carboxylic acids is 1. The van der Waals surface area contributed by atoms with E-state index in [0.29, 0.717) is 13.2 Å². The fraction of sp³-hybridized carbons (Fsp3) is 0.923. The van der Waals surface area contributed by atoms with Gasteiger partial charge in [0.25, 0.3) is 0 Å². The van der Waals surface area contributed by atoms with Crippen molar-refractivity contribution < 1.29 is 14.3 Å². The zero-order chi connectivity index (χ0) is 13.0. The zero-order valence-electron chi connectivity index (χ0n) is 11.3. The van der Waals surface area contributed by atoms with Gasteiger partial charge in [0.2, 0.25) is 0 Å². The molecule has 2 N–H and O–H groups in total. The fourth-order valence-electron chi connectivity index (χ4n) is 2.54. The van der Waals surface area contributed by atoms with Crippen LogP contribution in [0.25, 0.3) is 0 Å². The van der Waals surface area contributed by atoms with Crippen molar-refractivity contribution in [3.8, 4) is 0 Å². The molecule has 1 atom stereocenters. The SMILES string of the molecule is CCC(C)NC(=O)NC1CCC2(CC1)OCCO2. The Morgan fingerprint density at radius 2 is 1.94 bits per heavy atom. The first kappa shape index (κ1) is 13.6. The highest BCUT2D eigenvalue weighted by Gasteiger charge is 2.40. The van der Waals surface area contributed by atoms with Crippen LogP contribution < -0.4 is 10.6 Å². The second-order valence-electron chi connectivity index (χ2n) is 5.31. The molecular weight excluding hydrogens is 232 g/mol. The standard InChI is InChI=1S/C13H24N2O3/c1-3-10(2)14-12(16)15-11-4-6-13(7-5-11)17-8-9-18-13/h10-11H,3-9H2,1-2H3,(H2,14,15,16). The quantitative estimate of drug-likeness (QED) is 0.809. The molecule has 2 rings (SSSR count). The third-order valence-electron chi connectivity index (χ3n) is 3.89. The van der Waals surface area contributed by atoms with E-state index < -0.39 is 0 Å². The fourth-order valence-corrected chi connectivity index (χ4v) is 2.54. The van der Waals surface area contributed by atoms with Gasteiger partial charge in [0.05, 0.1) is 13.2 Å². The molecule has 1 spiro atoms. The van der Waals surface area contributed by atoms with Gasteiger partial charge in [0, 0.05) is 24.9 Å². The lowest BCUT2D eigenvalue weighted by molar-refractivity contribution is -0.179. The Balaban J connectivity index is 1.71. The molecule has 0 bridgehead atoms. The lowest BCUT2D eigenvalue weighted by Crippen LogP contribution is -2.48. The molecule has 1 heterocycles. The molecule has 1 unspecified atom stereocenters. The Kier molecular flexibility index (Phi) is 4.45. The van der Waals surface area contributed by atoms with Gasteiger partial charge in [-0.25, -0.2) is 4.79 Å². The summed E-state index contributed by atoms with van der Waals surface area (Å²) in [6, 6.07) is 0.410. The summed E-state index contributed by atoms with van der Waals surface area (Å²) >= 11 is 0. The molecule has 0 aromatic carbocycles. The van der Waals surface area contributed by atoms with Crippen molar-refractivity contribution in [1.29, 1.82) is 0 Å². The second kappa shape index (κ2) is 5.89. The van der Waals surface area contributed by atoms with Crippen molar-refractivity contribution in [1.82, 2.24) is 10.6 Å². The number of amides is 2. The normalized spacial score (nSPS) is 25.0. The molecule has 2 fully saturated rings. The molecule has 5 heteroatoms. The summed E-state index contributed by atoms with van der Waals surface area (Å²) in [5.74, 6) is -0.342. The van der Waals surface area contributed by atoms with E-state index in [9.17, 15) is 4.79 Å². The van der Waals surface area contributed by atoms with E-state index in [1.54, 1.807) is 0 Å². The summed E-state index contributed by atoms with van der Waals surface area (Å²) in [7, 11) is 0. The van der Waals surface area contributed by atoms with E-state index in [2.05, 4.69) is 17.6 Å². The topological polar surface area (TPSA) is 59.6 Å². The van der Waals surface area contributed by atoms with E-state index in [1.165, 1.54) is 0 Å². The molecule has 1 aliphatic heterocycles. The van der Waals surface area contributed by atoms with Crippen LogP contribution in [0.4, 0.5) is 4.79 Å². The number of ether oxygens (including phenoxy) is 2. The van der Waals surface area contributed by atoms with Crippen LogP contribution in [0.3, 0.4) is 0 Å². The summed E-state index contributed by atoms with van der Waals surface area (Å²) < 4.78 is 11.3. The molecule has 18 heavy (non-hydrogen) atoms. The second-order valence-corrected chi connectivity index (χ2v) is 5.31. The van der Waals surface area contributed by atoms with Crippen molar-refractivity contribution in [3.05, 3.63) is 0 Å². The molecule has 2 amide bonds. The maximum absolute atomic E-state index is 11.7. The largest absolute Gasteiger partial charge is 0.348 e. The summed E-state index contributed by atoms with van der Waals surface area (Å²) in [5.41, 5.74) is 0. The lowest BCUT2D eigenvalue weighted by atomic mass is 9.90. The van der Waals surface area contributed by atoms with Crippen LogP contribution in [0.15, 0.2) is 0 Å². The van der Waals surface area contributed by atoms with Crippen molar-refractivity contribution in [2.45, 2.75) is 63.8 Å². The van der Waals surface area contributed by atoms with Crippen LogP contribution in [-0.2, 0) is 9.47 Å². The Morgan fingerprint density at radius 3 is 2.50 bits per heavy atom. The zero-order valence-corrected chi connectivity index (χ0v) is 11.3. The van der Waals surface area contributed by atoms with Crippen LogP contribution in [0.1, 0.15) is 46.0 Å². The number of rotatable bonds is 3. The number of carbonyl (C=O) groups is 1. The Morgan fingerprint density at radius 1 is 1.33 bits per heavy atom. The van der Waals surface area contributed by atoms with Crippen LogP contribution in [0.5, 0.6) is 0 Å². The van der Waals surface area contributed by atoms with Crippen LogP contribution >= 0.6 is 0 Å². The minimum atomic E-state index is -0.342. The van der Waals surface area contributed by atoms with E-state index in [0.717, 1.165) is 32.1 Å². The Labute approximate surface area is 109 Å². The van der Waals surface area contributed by atoms with E-state index in [4.69, 9.17) is 9.47 Å². The van der Waals surface area contributed by atoms with Crippen molar-refractivity contribution >= 4 is 6.03 Å². The molecule has 5 nitrogen and oxygen atoms in total. The third kappa shape index (κ3) is 3.36. The van der Waals surface area contributed by atoms with E-state index in [1.807, 2.05) is 6.92 Å². The van der Waals surface area contributed by atoms with E-state index in [-0.39, 0.29) is 23.9 Å². The number of hydrogen-bond donors (Lipinski definition) is 2. The molecule has 0 aromatic heterocycles. The predicted molar refractivity (Wildman–Crippen MR) is 68.3 cm³/mol. The third-order valence-corrected chi connectivity index (χ3v) is 3.89. The molecule has 1 saturated heterocycles. The van der Waals surface area contributed by atoms with Crippen LogP contribution in [-0.4, -0.2) is 37.1 Å². The first-order valence-corrected chi connectivity index (χ1v) is 6.98. The van der Waals surface area contributed by atoms with Gasteiger partial charge in [-0.3, -0.25) is 0 Å². The molecule has 1 aliphatic carbocycles. The average Bonchev–Trinajstić information content (AvgIpc) is 2.81. The highest BCUT2D eigenvalue weighted by atomic mass is 16.7. The highest BCUT2D eigenvalue weighted by Crippen LogP contribution is 2.35. The minimum Gasteiger partial charge on any atom is -0.348 e. The summed E-state index contributed by atoms with van der Waals surface area (Å²) in [6.45, 7) is 5.47. The summed E-state index contributed by atoms with van der Waals surface area (Å²) in [5, 5.41) is 5.95. The van der Waals surface area contributed by atoms with Crippen molar-refractivity contribution in [2.24, 2.45) is 0 Å². The van der Waals surface area contributed by atoms with Gasteiger partial charge in [-0.15, -0.1) is 0 Å². The molecule has 0 radical (unpaired) electrons. The summed E-state index contributed by atoms with van der Waals surface area (Å²) in [4.78, 5) is 11.7. The van der Waals surface area contributed by atoms with Gasteiger partial charge >= 0.3 is 6.03 Å². The number of hydrogen-bond acceptors (Lipinski definition) is 3. The Bertz CT molecular complexity index is 280. The monoisotopic (exact) mass is 256 g/mol. The number of nitrogens with one attached hydrogen (secondary N) is 2. The van der Waals surface area contributed by atoms with Gasteiger partial charge in [-0.2, -0.15) is 0 Å². The first-order chi connectivity index (χ1) is 8.63. The minimum absolute atomic E-state index is 0.0569. The smallest absolute Gasteiger partial charge is 0.315 e. The van der Waals surface area contributed by atoms with Gasteiger partial charge in [-0.1, -0.05) is 6.92 Å². The van der Waals surface area contributed by atoms with Crippen LogP contribution in [0, 0.1) is 0 Å². The molecule has 1 saturated carbocycles. The average molecular weight is 256 g/mol. The van der Waals surface area contributed by atoms with E-state index >= 15 is 0 Å². The van der Waals surface area contributed by atoms with Gasteiger partial charge in [0.1, 0.15) is 0 Å². The van der Waals surface area contributed by atoms with Crippen molar-refractivity contribution in [2.75, 3.05) is 13.2 Å². The van der Waals surface area contributed by atoms with Gasteiger partial charge in [-0.05, 0) is 26.2 Å². The van der Waals surface area contributed by atoms with Gasteiger partial charge < -0.3 is 20.1 Å². The molecule has 0 aromatic rings. The number of urea groups is 1. The molecular formula is C13H24N2O3. The first-order valence-electron chi connectivity index (χ1n) is 6.98. The Hall–Kier alpha value is -0.810. The molecule has 2 aliphatic rings.